The molecule has 1 spiro atoms. The summed E-state index contributed by atoms with van der Waals surface area (Å²) in [7, 11) is 0. The van der Waals surface area contributed by atoms with Gasteiger partial charge in [0.15, 0.2) is 0 Å². The smallest absolute Gasteiger partial charge is 0.00757 e. The van der Waals surface area contributed by atoms with Gasteiger partial charge in [0.1, 0.15) is 0 Å². The van der Waals surface area contributed by atoms with Crippen LogP contribution in [0.5, 0.6) is 0 Å². The highest BCUT2D eigenvalue weighted by Crippen LogP contribution is 2.58. The first-order valence-electron chi connectivity index (χ1n) is 11.4. The Bertz CT molecular complexity index is 378. The molecule has 6 atom stereocenters. The van der Waals surface area contributed by atoms with Crippen LogP contribution in [0.3, 0.4) is 0 Å². The molecule has 0 aromatic heterocycles. The van der Waals surface area contributed by atoms with E-state index in [4.69, 9.17) is 0 Å². The zero-order chi connectivity index (χ0) is 17.0. The molecule has 140 valence electrons. The lowest BCUT2D eigenvalue weighted by Crippen LogP contribution is -2.48. The van der Waals surface area contributed by atoms with E-state index in [0.29, 0.717) is 5.41 Å². The summed E-state index contributed by atoms with van der Waals surface area (Å²) in [6.45, 7) is 8.92. The third-order valence-corrected chi connectivity index (χ3v) is 8.33. The van der Waals surface area contributed by atoms with Crippen molar-refractivity contribution in [3.8, 4) is 0 Å². The van der Waals surface area contributed by atoms with Crippen LogP contribution in [0.1, 0.15) is 104 Å². The van der Waals surface area contributed by atoms with Crippen LogP contribution < -0.4 is 5.32 Å². The van der Waals surface area contributed by atoms with Gasteiger partial charge in [0.05, 0.1) is 0 Å². The minimum Gasteiger partial charge on any atom is -0.313 e. The van der Waals surface area contributed by atoms with E-state index in [1.165, 1.54) is 90.0 Å². The van der Waals surface area contributed by atoms with Crippen molar-refractivity contribution >= 4 is 0 Å². The van der Waals surface area contributed by atoms with E-state index in [9.17, 15) is 0 Å². The Labute approximate surface area is 151 Å². The molecule has 0 amide bonds. The Hall–Kier alpha value is -0.0400. The highest BCUT2D eigenvalue weighted by molar-refractivity contribution is 5.08. The molecule has 2 aliphatic carbocycles. The zero-order valence-corrected chi connectivity index (χ0v) is 16.8. The predicted molar refractivity (Wildman–Crippen MR) is 105 cm³/mol. The Morgan fingerprint density at radius 3 is 2.00 bits per heavy atom. The molecule has 0 unspecified atom stereocenters. The summed E-state index contributed by atoms with van der Waals surface area (Å²) in [5, 5.41) is 3.94. The van der Waals surface area contributed by atoms with E-state index >= 15 is 0 Å². The van der Waals surface area contributed by atoms with E-state index in [-0.39, 0.29) is 0 Å². The Balaban J connectivity index is 1.75. The van der Waals surface area contributed by atoms with Gasteiger partial charge in [0, 0.05) is 12.6 Å². The van der Waals surface area contributed by atoms with Gasteiger partial charge in [0.25, 0.3) is 0 Å². The summed E-state index contributed by atoms with van der Waals surface area (Å²) in [6.07, 6.45) is 19.4. The molecular formula is C23H43N. The molecule has 3 aliphatic rings. The molecule has 24 heavy (non-hydrogen) atoms. The molecule has 2 saturated carbocycles. The molecule has 1 saturated heterocycles. The van der Waals surface area contributed by atoms with Crippen LogP contribution in [-0.2, 0) is 0 Å². The minimum absolute atomic E-state index is 0.634. The zero-order valence-electron chi connectivity index (χ0n) is 16.8. The Kier molecular flexibility index (Phi) is 6.69. The molecule has 0 bridgehead atoms. The topological polar surface area (TPSA) is 12.0 Å². The first kappa shape index (κ1) is 18.7. The van der Waals surface area contributed by atoms with Crippen LogP contribution in [-0.4, -0.2) is 12.6 Å². The van der Waals surface area contributed by atoms with E-state index in [1.807, 2.05) is 0 Å². The largest absolute Gasteiger partial charge is 0.313 e. The van der Waals surface area contributed by atoms with Crippen molar-refractivity contribution in [3.05, 3.63) is 0 Å². The molecule has 0 aromatic rings. The third-order valence-electron chi connectivity index (χ3n) is 8.33. The molecule has 0 radical (unpaired) electrons. The molecule has 1 nitrogen and oxygen atoms in total. The van der Waals surface area contributed by atoms with Crippen molar-refractivity contribution in [3.63, 3.8) is 0 Å². The number of hydrogen-bond donors (Lipinski definition) is 1. The second-order valence-corrected chi connectivity index (χ2v) is 9.77. The second kappa shape index (κ2) is 8.56. The monoisotopic (exact) mass is 333 g/mol. The average molecular weight is 334 g/mol. The summed E-state index contributed by atoms with van der Waals surface area (Å²) < 4.78 is 0. The van der Waals surface area contributed by atoms with Gasteiger partial charge in [-0.1, -0.05) is 78.1 Å². The maximum atomic E-state index is 3.94. The number of nitrogens with one attached hydrogen (secondary N) is 1. The second-order valence-electron chi connectivity index (χ2n) is 9.77. The first-order chi connectivity index (χ1) is 11.6. The van der Waals surface area contributed by atoms with Crippen LogP contribution in [0.4, 0.5) is 0 Å². The van der Waals surface area contributed by atoms with Crippen molar-refractivity contribution in [2.45, 2.75) is 110 Å². The summed E-state index contributed by atoms with van der Waals surface area (Å²) in [5.74, 6) is 3.76. The van der Waals surface area contributed by atoms with Gasteiger partial charge in [-0.3, -0.25) is 0 Å². The Morgan fingerprint density at radius 2 is 1.33 bits per heavy atom. The first-order valence-corrected chi connectivity index (χ1v) is 11.4. The van der Waals surface area contributed by atoms with Gasteiger partial charge in [-0.25, -0.2) is 0 Å². The van der Waals surface area contributed by atoms with E-state index in [1.54, 1.807) is 0 Å². The van der Waals surface area contributed by atoms with Gasteiger partial charge in [-0.2, -0.15) is 0 Å². The fourth-order valence-electron chi connectivity index (χ4n) is 6.86. The van der Waals surface area contributed by atoms with Crippen LogP contribution in [0.15, 0.2) is 0 Å². The summed E-state index contributed by atoms with van der Waals surface area (Å²) in [4.78, 5) is 0. The summed E-state index contributed by atoms with van der Waals surface area (Å²) >= 11 is 0. The normalized spacial score (nSPS) is 45.9. The van der Waals surface area contributed by atoms with E-state index < -0.39 is 0 Å². The van der Waals surface area contributed by atoms with Gasteiger partial charge in [-0.15, -0.1) is 0 Å². The average Bonchev–Trinajstić information content (AvgIpc) is 2.91. The summed E-state index contributed by atoms with van der Waals surface area (Å²) in [5.41, 5.74) is 0.634. The maximum Gasteiger partial charge on any atom is 0.00757 e. The van der Waals surface area contributed by atoms with Crippen molar-refractivity contribution in [2.24, 2.45) is 29.1 Å². The van der Waals surface area contributed by atoms with Crippen LogP contribution in [0.2, 0.25) is 0 Å². The van der Waals surface area contributed by atoms with Crippen molar-refractivity contribution in [1.82, 2.24) is 5.32 Å². The lowest BCUT2D eigenvalue weighted by molar-refractivity contribution is -0.0275. The van der Waals surface area contributed by atoms with E-state index in [0.717, 1.165) is 29.7 Å². The fourth-order valence-corrected chi connectivity index (χ4v) is 6.86. The molecule has 1 heteroatoms. The van der Waals surface area contributed by atoms with Crippen molar-refractivity contribution in [2.75, 3.05) is 6.54 Å². The Morgan fingerprint density at radius 1 is 0.750 bits per heavy atom. The standard InChI is InChI=1S/C23H43N/c1-18-16-21-14-12-10-8-6-4-5-7-9-11-13-15-23(21)17-24-20(3)22(23)19(18)2/h18-22,24H,4-17H2,1-3H3/t18-,19-,20+,21+,22+,23+/m1/s1. The lowest BCUT2D eigenvalue weighted by atomic mass is 9.51. The number of hydrogen-bond acceptors (Lipinski definition) is 1. The lowest BCUT2D eigenvalue weighted by Gasteiger charge is -2.52. The molecule has 3 fully saturated rings. The molecule has 1 N–H and O–H groups in total. The third kappa shape index (κ3) is 3.87. The molecule has 1 aliphatic heterocycles. The predicted octanol–water partition coefficient (Wildman–Crippen LogP) is 6.57. The van der Waals surface area contributed by atoms with Crippen LogP contribution >= 0.6 is 0 Å². The minimum atomic E-state index is 0.634. The molecule has 1 heterocycles. The van der Waals surface area contributed by atoms with Gasteiger partial charge in [-0.05, 0) is 55.3 Å². The highest BCUT2D eigenvalue weighted by Gasteiger charge is 2.56. The number of rotatable bonds is 0. The quantitative estimate of drug-likeness (QED) is 0.529. The summed E-state index contributed by atoms with van der Waals surface area (Å²) in [6, 6.07) is 0.740. The van der Waals surface area contributed by atoms with Gasteiger partial charge >= 0.3 is 0 Å². The van der Waals surface area contributed by atoms with Crippen molar-refractivity contribution in [1.29, 1.82) is 0 Å². The fraction of sp³-hybridized carbons (Fsp3) is 1.00. The van der Waals surface area contributed by atoms with Gasteiger partial charge < -0.3 is 5.32 Å². The highest BCUT2D eigenvalue weighted by atomic mass is 15.0. The maximum absolute atomic E-state index is 3.94. The van der Waals surface area contributed by atoms with Crippen LogP contribution in [0, 0.1) is 29.1 Å². The van der Waals surface area contributed by atoms with Crippen LogP contribution in [0.25, 0.3) is 0 Å². The SMILES string of the molecule is C[C@H]1[C@H]2[C@H](C)NC[C@]23CCCCCCCCCCCC[C@H]3C[C@H]1C. The molecule has 3 rings (SSSR count). The molecule has 0 aromatic carbocycles. The van der Waals surface area contributed by atoms with E-state index in [2.05, 4.69) is 26.1 Å². The molecular weight excluding hydrogens is 290 g/mol. The van der Waals surface area contributed by atoms with Crippen molar-refractivity contribution < 1.29 is 0 Å². The van der Waals surface area contributed by atoms with Gasteiger partial charge in [0.2, 0.25) is 0 Å².